The van der Waals surface area contributed by atoms with E-state index in [1.54, 1.807) is 4.57 Å². The Hall–Kier alpha value is -8.61. The number of aromatic nitrogens is 5. The summed E-state index contributed by atoms with van der Waals surface area (Å²) in [6.07, 6.45) is 0. The lowest BCUT2D eigenvalue weighted by Gasteiger charge is -2.16. The molecule has 0 saturated heterocycles. The molecule has 0 aliphatic rings. The summed E-state index contributed by atoms with van der Waals surface area (Å²) in [6.45, 7) is 0. The minimum Gasteiger partial charge on any atom is -0.455 e. The van der Waals surface area contributed by atoms with Gasteiger partial charge in [0.15, 0.2) is 17.5 Å². The van der Waals surface area contributed by atoms with Crippen LogP contribution in [0.4, 0.5) is 0 Å². The number of para-hydroxylation sites is 6. The topological polar surface area (TPSA) is 61.7 Å². The van der Waals surface area contributed by atoms with Gasteiger partial charge in [0.05, 0.1) is 36.0 Å². The average Bonchev–Trinajstić information content (AvgIpc) is 4.06. The summed E-state index contributed by atoms with van der Waals surface area (Å²) >= 11 is 0. The lowest BCUT2D eigenvalue weighted by Crippen LogP contribution is -2.02. The van der Waals surface area contributed by atoms with Crippen molar-refractivity contribution < 1.29 is 12.6 Å². The molecule has 9 aromatic carbocycles. The maximum absolute atomic E-state index is 9.29. The van der Waals surface area contributed by atoms with Crippen molar-refractivity contribution in [3.8, 4) is 56.7 Å². The van der Waals surface area contributed by atoms with E-state index >= 15 is 0 Å². The van der Waals surface area contributed by atoms with Crippen molar-refractivity contribution in [3.63, 3.8) is 0 Å². The number of fused-ring (bicyclic) bond motifs is 9. The zero-order chi connectivity index (χ0) is 46.7. The highest BCUT2D eigenvalue weighted by molar-refractivity contribution is 6.13. The first-order chi connectivity index (χ1) is 33.7. The van der Waals surface area contributed by atoms with Gasteiger partial charge in [0.25, 0.3) is 0 Å². The fraction of sp³-hybridized carbons (Fsp3) is 0. The van der Waals surface area contributed by atoms with E-state index in [-0.39, 0.29) is 58.1 Å². The Morgan fingerprint density at radius 3 is 1.75 bits per heavy atom. The fourth-order valence-corrected chi connectivity index (χ4v) is 9.12. The molecule has 4 aromatic heterocycles. The molecule has 0 saturated carbocycles. The maximum atomic E-state index is 9.29. The van der Waals surface area contributed by atoms with Crippen molar-refractivity contribution in [2.24, 2.45) is 0 Å². The molecule has 0 bridgehead atoms. The van der Waals surface area contributed by atoms with Crippen LogP contribution in [0.2, 0.25) is 0 Å². The number of rotatable bonds is 6. The largest absolute Gasteiger partial charge is 0.455 e. The van der Waals surface area contributed by atoms with Crippen molar-refractivity contribution in [2.45, 2.75) is 0 Å². The maximum Gasteiger partial charge on any atom is 0.164 e. The molecule has 4 heterocycles. The summed E-state index contributed by atoms with van der Waals surface area (Å²) in [7, 11) is 0. The van der Waals surface area contributed by atoms with Gasteiger partial charge in [0, 0.05) is 65.8 Å². The second-order valence-corrected chi connectivity index (χ2v) is 15.5. The predicted octanol–water partition coefficient (Wildman–Crippen LogP) is 14.6. The lowest BCUT2D eigenvalue weighted by atomic mass is 9.98. The van der Waals surface area contributed by atoms with Gasteiger partial charge in [-0.15, -0.1) is 0 Å². The summed E-state index contributed by atoms with van der Waals surface area (Å²) in [5.74, 6) is 1.36. The van der Waals surface area contributed by atoms with Crippen LogP contribution >= 0.6 is 0 Å². The summed E-state index contributed by atoms with van der Waals surface area (Å²) in [6, 6.07) is 56.2. The Labute approximate surface area is 370 Å². The number of hydrogen-bond acceptors (Lipinski definition) is 4. The van der Waals surface area contributed by atoms with Gasteiger partial charge in [-0.2, -0.15) is 0 Å². The molecular weight excluding hydrogens is 771 g/mol. The molecule has 0 amide bonds. The third-order valence-electron chi connectivity index (χ3n) is 11.9. The van der Waals surface area contributed by atoms with E-state index in [2.05, 4.69) is 59.2 Å². The Balaban J connectivity index is 1.09. The molecule has 0 N–H and O–H groups in total. The minimum absolute atomic E-state index is 0.0528. The van der Waals surface area contributed by atoms with Gasteiger partial charge >= 0.3 is 0 Å². The molecule has 0 aliphatic carbocycles. The van der Waals surface area contributed by atoms with Crippen molar-refractivity contribution in [2.75, 3.05) is 0 Å². The molecule has 0 atom stereocenters. The molecule has 0 spiro atoms. The molecule has 294 valence electrons. The normalized spacial score (nSPS) is 13.1. The first-order valence-electron chi connectivity index (χ1n) is 23.7. The van der Waals surface area contributed by atoms with Crippen molar-refractivity contribution in [1.29, 1.82) is 0 Å². The SMILES string of the molecule is [2H]c1cc([2H])c2c(c1[2H])c1c([2H])c([2H])cc([2H])c1n2-c1ccc(-c2nc(-c3ccccc3)nc(-c3ccc4c(c3)c3ccccc3n4-c3ccccc3)n2)cc1-c1cccc2c1oc1ccccc12. The van der Waals surface area contributed by atoms with Crippen molar-refractivity contribution in [3.05, 3.63) is 212 Å². The first kappa shape index (κ1) is 29.6. The third-order valence-corrected chi connectivity index (χ3v) is 11.9. The molecule has 6 heteroatoms. The van der Waals surface area contributed by atoms with Crippen LogP contribution < -0.4 is 0 Å². The van der Waals surface area contributed by atoms with E-state index < -0.39 is 0 Å². The number of hydrogen-bond donors (Lipinski definition) is 0. The van der Waals surface area contributed by atoms with Crippen LogP contribution in [0.15, 0.2) is 217 Å². The van der Waals surface area contributed by atoms with Gasteiger partial charge in [0.1, 0.15) is 11.2 Å². The molecule has 0 fully saturated rings. The van der Waals surface area contributed by atoms with Gasteiger partial charge in [-0.3, -0.25) is 0 Å². The molecule has 13 rings (SSSR count). The molecular formula is C57H35N5O. The molecule has 6 nitrogen and oxygen atoms in total. The molecule has 63 heavy (non-hydrogen) atoms. The zero-order valence-electron chi connectivity index (χ0n) is 39.4. The molecule has 0 radical (unpaired) electrons. The van der Waals surface area contributed by atoms with E-state index in [1.165, 1.54) is 12.1 Å². The Bertz CT molecular complexity index is 4210. The van der Waals surface area contributed by atoms with Crippen LogP contribution in [-0.4, -0.2) is 24.1 Å². The average molecular weight is 812 g/mol. The minimum atomic E-state index is -0.185. The third kappa shape index (κ3) is 5.55. The van der Waals surface area contributed by atoms with Gasteiger partial charge in [0.2, 0.25) is 0 Å². The van der Waals surface area contributed by atoms with E-state index in [9.17, 15) is 2.74 Å². The zero-order valence-corrected chi connectivity index (χ0v) is 33.4. The monoisotopic (exact) mass is 811 g/mol. The summed E-state index contributed by atoms with van der Waals surface area (Å²) < 4.78 is 64.7. The first-order valence-corrected chi connectivity index (χ1v) is 20.7. The predicted molar refractivity (Wildman–Crippen MR) is 258 cm³/mol. The molecule has 0 unspecified atom stereocenters. The highest BCUT2D eigenvalue weighted by Gasteiger charge is 2.22. The van der Waals surface area contributed by atoms with E-state index in [1.807, 2.05) is 109 Å². The highest BCUT2D eigenvalue weighted by Crippen LogP contribution is 2.43. The van der Waals surface area contributed by atoms with Crippen LogP contribution in [0, 0.1) is 0 Å². The second-order valence-electron chi connectivity index (χ2n) is 15.5. The van der Waals surface area contributed by atoms with Crippen LogP contribution in [0.1, 0.15) is 8.22 Å². The summed E-state index contributed by atoms with van der Waals surface area (Å²) in [5.41, 5.74) is 9.15. The smallest absolute Gasteiger partial charge is 0.164 e. The summed E-state index contributed by atoms with van der Waals surface area (Å²) in [4.78, 5) is 15.5. The van der Waals surface area contributed by atoms with Gasteiger partial charge < -0.3 is 13.6 Å². The van der Waals surface area contributed by atoms with Crippen LogP contribution in [0.3, 0.4) is 0 Å². The highest BCUT2D eigenvalue weighted by atomic mass is 16.3. The quantitative estimate of drug-likeness (QED) is 0.168. The summed E-state index contributed by atoms with van der Waals surface area (Å²) in [5, 5.41) is 4.32. The van der Waals surface area contributed by atoms with Gasteiger partial charge in [-0.25, -0.2) is 15.0 Å². The fourth-order valence-electron chi connectivity index (χ4n) is 9.12. The van der Waals surface area contributed by atoms with Gasteiger partial charge in [-0.1, -0.05) is 139 Å². The van der Waals surface area contributed by atoms with Crippen LogP contribution in [0.25, 0.3) is 122 Å². The van der Waals surface area contributed by atoms with Crippen molar-refractivity contribution >= 4 is 65.6 Å². The number of nitrogens with zero attached hydrogens (tertiary/aromatic N) is 5. The Morgan fingerprint density at radius 2 is 0.984 bits per heavy atom. The molecule has 13 aromatic rings. The molecule has 0 aliphatic heterocycles. The van der Waals surface area contributed by atoms with E-state index in [0.717, 1.165) is 49.4 Å². The Morgan fingerprint density at radius 1 is 0.381 bits per heavy atom. The van der Waals surface area contributed by atoms with E-state index in [4.69, 9.17) is 24.9 Å². The van der Waals surface area contributed by atoms with Gasteiger partial charge in [-0.05, 0) is 72.7 Å². The number of furan rings is 1. The Kier molecular flexibility index (Phi) is 6.56. The van der Waals surface area contributed by atoms with Crippen LogP contribution in [-0.2, 0) is 0 Å². The van der Waals surface area contributed by atoms with Crippen molar-refractivity contribution in [1.82, 2.24) is 24.1 Å². The number of benzene rings is 9. The second kappa shape index (κ2) is 14.0. The van der Waals surface area contributed by atoms with Crippen LogP contribution in [0.5, 0.6) is 0 Å². The standard InChI is InChI=1S/C57H35N5O/c1-3-16-36(17-4-1)55-58-56(37-30-32-51-46(34-37)42-22-9-11-26-48(42)61(51)39-18-5-2-6-19-39)60-57(59-55)38-31-33-52(62-49-27-12-7-20-40(49)41-21-8-13-28-50(41)62)47(35-38)45-25-15-24-44-43-23-10-14-29-53(43)63-54(44)45/h1-35H/i7D,8D,20D,21D,27D,28D. The lowest BCUT2D eigenvalue weighted by molar-refractivity contribution is 0.670. The van der Waals surface area contributed by atoms with E-state index in [0.29, 0.717) is 51.0 Å².